The molecular weight excluding hydrogens is 405 g/mol. The summed E-state index contributed by atoms with van der Waals surface area (Å²) < 4.78 is 0. The Labute approximate surface area is 177 Å². The number of hydrogen-bond acceptors (Lipinski definition) is 4. The highest BCUT2D eigenvalue weighted by molar-refractivity contribution is 6.31. The van der Waals surface area contributed by atoms with Gasteiger partial charge in [0.2, 0.25) is 0 Å². The summed E-state index contributed by atoms with van der Waals surface area (Å²) in [5.74, 6) is 0.262. The second-order valence-electron chi connectivity index (χ2n) is 6.78. The van der Waals surface area contributed by atoms with Crippen LogP contribution in [0.5, 0.6) is 5.75 Å². The number of nitrogens with zero attached hydrogens (tertiary/aromatic N) is 1. The molecule has 1 heterocycles. The molecule has 0 aliphatic rings. The minimum Gasteiger partial charge on any atom is -0.508 e. The minimum atomic E-state index is -0.362. The fourth-order valence-corrected chi connectivity index (χ4v) is 3.08. The number of phenolic OH excluding ortho intramolecular Hbond substituents is 1. The minimum absolute atomic E-state index is 0. The number of halogens is 3. The molecule has 27 heavy (non-hydrogen) atoms. The zero-order valence-corrected chi connectivity index (χ0v) is 17.5. The molecule has 3 rings (SSSR count). The number of pyridine rings is 1. The Kier molecular flexibility index (Phi) is 8.33. The lowest BCUT2D eigenvalue weighted by molar-refractivity contribution is 0.322. The summed E-state index contributed by atoms with van der Waals surface area (Å²) in [5, 5.41) is 14.8. The van der Waals surface area contributed by atoms with Crippen LogP contribution in [0.2, 0.25) is 5.02 Å². The van der Waals surface area contributed by atoms with E-state index in [0.29, 0.717) is 11.6 Å². The lowest BCUT2D eigenvalue weighted by atomic mass is 9.87. The predicted molar refractivity (Wildman–Crippen MR) is 117 cm³/mol. The number of aromatic hydroxyl groups is 1. The molecule has 0 saturated carbocycles. The van der Waals surface area contributed by atoms with E-state index in [-0.39, 0.29) is 42.1 Å². The zero-order chi connectivity index (χ0) is 18.0. The van der Waals surface area contributed by atoms with E-state index in [2.05, 4.69) is 24.1 Å². The summed E-state index contributed by atoms with van der Waals surface area (Å²) in [4.78, 5) is 4.38. The number of phenols is 1. The molecule has 4 nitrogen and oxygen atoms in total. The lowest BCUT2D eigenvalue weighted by Gasteiger charge is -2.34. The molecule has 0 bridgehead atoms. The zero-order valence-electron chi connectivity index (χ0n) is 15.1. The Morgan fingerprint density at radius 2 is 1.89 bits per heavy atom. The molecule has 1 atom stereocenters. The second-order valence-corrected chi connectivity index (χ2v) is 7.22. The predicted octanol–water partition coefficient (Wildman–Crippen LogP) is 5.01. The van der Waals surface area contributed by atoms with Gasteiger partial charge in [0.15, 0.2) is 0 Å². The average molecular weight is 429 g/mol. The third-order valence-electron chi connectivity index (χ3n) is 4.51. The van der Waals surface area contributed by atoms with E-state index in [1.54, 1.807) is 18.3 Å². The van der Waals surface area contributed by atoms with Crippen LogP contribution in [-0.2, 0) is 6.54 Å². The van der Waals surface area contributed by atoms with Gasteiger partial charge in [0.25, 0.3) is 0 Å². The topological polar surface area (TPSA) is 71.2 Å². The first-order valence-corrected chi connectivity index (χ1v) is 8.57. The second kappa shape index (κ2) is 9.58. The monoisotopic (exact) mass is 427 g/mol. The number of benzene rings is 2. The molecule has 2 aromatic carbocycles. The highest BCUT2D eigenvalue weighted by Gasteiger charge is 2.28. The van der Waals surface area contributed by atoms with E-state index < -0.39 is 0 Å². The summed E-state index contributed by atoms with van der Waals surface area (Å²) in [6.07, 6.45) is 1.76. The van der Waals surface area contributed by atoms with Gasteiger partial charge >= 0.3 is 0 Å². The van der Waals surface area contributed by atoms with Gasteiger partial charge in [-0.05, 0) is 55.3 Å². The van der Waals surface area contributed by atoms with Crippen molar-refractivity contribution < 1.29 is 5.11 Å². The summed E-state index contributed by atoms with van der Waals surface area (Å²) in [7, 11) is 0. The highest BCUT2D eigenvalue weighted by Crippen LogP contribution is 2.30. The van der Waals surface area contributed by atoms with Crippen LogP contribution in [0.3, 0.4) is 0 Å². The van der Waals surface area contributed by atoms with Crippen molar-refractivity contribution in [3.63, 3.8) is 0 Å². The quantitative estimate of drug-likeness (QED) is 0.534. The van der Waals surface area contributed by atoms with Gasteiger partial charge in [-0.3, -0.25) is 4.98 Å². The highest BCUT2D eigenvalue weighted by atomic mass is 35.5. The van der Waals surface area contributed by atoms with Crippen molar-refractivity contribution in [3.05, 3.63) is 70.9 Å². The summed E-state index contributed by atoms with van der Waals surface area (Å²) in [6, 6.07) is 14.6. The van der Waals surface area contributed by atoms with Crippen molar-refractivity contribution in [2.24, 2.45) is 5.73 Å². The normalized spacial score (nSPS) is 12.1. The molecule has 1 aromatic heterocycles. The number of rotatable bonds is 5. The van der Waals surface area contributed by atoms with Gasteiger partial charge in [-0.15, -0.1) is 24.8 Å². The number of aromatic nitrogens is 1. The molecular formula is C20H24Cl3N3O. The van der Waals surface area contributed by atoms with Gasteiger partial charge < -0.3 is 16.2 Å². The molecule has 0 spiro atoms. The van der Waals surface area contributed by atoms with E-state index in [9.17, 15) is 5.11 Å². The summed E-state index contributed by atoms with van der Waals surface area (Å²) in [6.45, 7) is 4.76. The van der Waals surface area contributed by atoms with Crippen LogP contribution in [0.4, 0.5) is 0 Å². The summed E-state index contributed by atoms with van der Waals surface area (Å²) in [5.41, 5.74) is 9.10. The lowest BCUT2D eigenvalue weighted by Crippen LogP contribution is -2.48. The number of fused-ring (bicyclic) bond motifs is 1. The van der Waals surface area contributed by atoms with E-state index in [1.165, 1.54) is 0 Å². The molecule has 3 aromatic rings. The van der Waals surface area contributed by atoms with E-state index in [0.717, 1.165) is 22.0 Å². The summed E-state index contributed by atoms with van der Waals surface area (Å²) >= 11 is 6.07. The van der Waals surface area contributed by atoms with Gasteiger partial charge in [-0.2, -0.15) is 0 Å². The van der Waals surface area contributed by atoms with Crippen molar-refractivity contribution in [1.29, 1.82) is 0 Å². The Morgan fingerprint density at radius 1 is 1.15 bits per heavy atom. The van der Waals surface area contributed by atoms with Crippen LogP contribution < -0.4 is 11.1 Å². The third-order valence-corrected chi connectivity index (χ3v) is 4.74. The maximum atomic E-state index is 9.60. The maximum Gasteiger partial charge on any atom is 0.115 e. The van der Waals surface area contributed by atoms with E-state index in [1.807, 2.05) is 36.4 Å². The van der Waals surface area contributed by atoms with Crippen LogP contribution in [0.15, 0.2) is 54.7 Å². The van der Waals surface area contributed by atoms with Crippen molar-refractivity contribution >= 4 is 47.3 Å². The van der Waals surface area contributed by atoms with Crippen LogP contribution in [0, 0.1) is 0 Å². The first kappa shape index (κ1) is 23.5. The van der Waals surface area contributed by atoms with Gasteiger partial charge in [-0.1, -0.05) is 29.8 Å². The maximum absolute atomic E-state index is 9.60. The first-order chi connectivity index (χ1) is 11.9. The Bertz CT molecular complexity index is 903. The molecule has 0 fully saturated rings. The standard InChI is InChI=1S/C20H22ClN3O.2ClH/c1-20(2,24-12-13-4-3-5-15(25)10-13)19(22)17-8-9-23-18-11-14(21)6-7-16(17)18;;/h3-11,19,24-25H,12,22H2,1-2H3;2*1H. The van der Waals surface area contributed by atoms with Crippen LogP contribution in [0.25, 0.3) is 10.9 Å². The molecule has 7 heteroatoms. The first-order valence-electron chi connectivity index (χ1n) is 8.19. The third kappa shape index (κ3) is 5.47. The van der Waals surface area contributed by atoms with Crippen molar-refractivity contribution in [1.82, 2.24) is 10.3 Å². The molecule has 1 unspecified atom stereocenters. The van der Waals surface area contributed by atoms with Crippen molar-refractivity contribution in [3.8, 4) is 5.75 Å². The van der Waals surface area contributed by atoms with E-state index >= 15 is 0 Å². The van der Waals surface area contributed by atoms with Crippen LogP contribution >= 0.6 is 36.4 Å². The SMILES string of the molecule is CC(C)(NCc1cccc(O)c1)C(N)c1ccnc2cc(Cl)ccc12.Cl.Cl. The molecule has 0 saturated heterocycles. The fraction of sp³-hybridized carbons (Fsp3) is 0.250. The Morgan fingerprint density at radius 3 is 2.59 bits per heavy atom. The van der Waals surface area contributed by atoms with Gasteiger partial charge in [-0.25, -0.2) is 0 Å². The molecule has 0 amide bonds. The smallest absolute Gasteiger partial charge is 0.115 e. The number of nitrogens with one attached hydrogen (secondary N) is 1. The number of hydrogen-bond donors (Lipinski definition) is 3. The van der Waals surface area contributed by atoms with Crippen LogP contribution in [-0.4, -0.2) is 15.6 Å². The van der Waals surface area contributed by atoms with Gasteiger partial charge in [0.05, 0.1) is 5.52 Å². The van der Waals surface area contributed by atoms with Crippen molar-refractivity contribution in [2.75, 3.05) is 0 Å². The van der Waals surface area contributed by atoms with Gasteiger partial charge in [0.1, 0.15) is 5.75 Å². The van der Waals surface area contributed by atoms with Gasteiger partial charge in [0, 0.05) is 34.7 Å². The Balaban J connectivity index is 0.00000182. The molecule has 0 aliphatic heterocycles. The molecule has 4 N–H and O–H groups in total. The number of nitrogens with two attached hydrogens (primary N) is 1. The van der Waals surface area contributed by atoms with Crippen LogP contribution in [0.1, 0.15) is 31.0 Å². The Hall–Kier alpha value is -1.56. The fourth-order valence-electron chi connectivity index (χ4n) is 2.91. The molecule has 0 radical (unpaired) electrons. The van der Waals surface area contributed by atoms with Crippen molar-refractivity contribution in [2.45, 2.75) is 32.0 Å². The molecule has 146 valence electrons. The average Bonchev–Trinajstić information content (AvgIpc) is 2.58. The van der Waals surface area contributed by atoms with E-state index in [4.69, 9.17) is 17.3 Å². The largest absolute Gasteiger partial charge is 0.508 e. The molecule has 0 aliphatic carbocycles.